The predicted molar refractivity (Wildman–Crippen MR) is 88.2 cm³/mol. The second kappa shape index (κ2) is 7.43. The minimum absolute atomic E-state index is 0.683. The van der Waals surface area contributed by atoms with Crippen molar-refractivity contribution in [3.05, 3.63) is 0 Å². The summed E-state index contributed by atoms with van der Waals surface area (Å²) in [7, 11) is 3.93. The third-order valence-electron chi connectivity index (χ3n) is 4.02. The van der Waals surface area contributed by atoms with Gasteiger partial charge in [-0.15, -0.1) is 0 Å². The lowest BCUT2D eigenvalue weighted by Gasteiger charge is -2.31. The number of nitrogens with zero attached hydrogens (tertiary/aromatic N) is 5. The minimum Gasteiger partial charge on any atom is -0.354 e. The van der Waals surface area contributed by atoms with Gasteiger partial charge in [0.05, 0.1) is 0 Å². The number of nitrogens with one attached hydrogen (secondary N) is 1. The number of piperidine rings is 1. The summed E-state index contributed by atoms with van der Waals surface area (Å²) in [5.41, 5.74) is 0. The molecule has 2 heterocycles. The van der Waals surface area contributed by atoms with Crippen molar-refractivity contribution in [3.63, 3.8) is 0 Å². The molecule has 21 heavy (non-hydrogen) atoms. The first-order chi connectivity index (χ1) is 10.1. The van der Waals surface area contributed by atoms with Crippen LogP contribution in [0.15, 0.2) is 0 Å². The molecule has 2 rings (SSSR count). The van der Waals surface area contributed by atoms with Gasteiger partial charge < -0.3 is 15.1 Å². The van der Waals surface area contributed by atoms with Crippen LogP contribution in [0.2, 0.25) is 0 Å². The Morgan fingerprint density at radius 3 is 2.43 bits per heavy atom. The van der Waals surface area contributed by atoms with Crippen LogP contribution in [0.4, 0.5) is 17.8 Å². The fraction of sp³-hybridized carbons (Fsp3) is 0.800. The van der Waals surface area contributed by atoms with Crippen LogP contribution in [0.5, 0.6) is 0 Å². The van der Waals surface area contributed by atoms with Crippen molar-refractivity contribution >= 4 is 17.8 Å². The molecule has 1 aliphatic rings. The SMILES string of the molecule is CCCNc1nc(N(C)C)nc(N2CCC(CC)CC2)n1. The van der Waals surface area contributed by atoms with Gasteiger partial charge in [0.25, 0.3) is 0 Å². The molecule has 0 radical (unpaired) electrons. The van der Waals surface area contributed by atoms with Gasteiger partial charge in [0.1, 0.15) is 0 Å². The predicted octanol–water partition coefficient (Wildman–Crippen LogP) is 2.39. The van der Waals surface area contributed by atoms with Gasteiger partial charge in [-0.25, -0.2) is 0 Å². The maximum atomic E-state index is 4.61. The maximum Gasteiger partial charge on any atom is 0.231 e. The van der Waals surface area contributed by atoms with E-state index in [9.17, 15) is 0 Å². The Balaban J connectivity index is 2.15. The molecule has 0 bridgehead atoms. The van der Waals surface area contributed by atoms with Crippen molar-refractivity contribution in [2.75, 3.05) is 48.8 Å². The summed E-state index contributed by atoms with van der Waals surface area (Å²) in [5, 5.41) is 3.27. The van der Waals surface area contributed by atoms with Crippen molar-refractivity contribution in [1.29, 1.82) is 0 Å². The van der Waals surface area contributed by atoms with E-state index in [0.29, 0.717) is 5.95 Å². The number of rotatable bonds is 6. The van der Waals surface area contributed by atoms with Crippen molar-refractivity contribution in [3.8, 4) is 0 Å². The lowest BCUT2D eigenvalue weighted by atomic mass is 9.95. The Kier molecular flexibility index (Phi) is 5.59. The van der Waals surface area contributed by atoms with Crippen LogP contribution in [-0.4, -0.2) is 48.7 Å². The molecule has 0 aliphatic carbocycles. The molecule has 6 heteroatoms. The largest absolute Gasteiger partial charge is 0.354 e. The molecule has 1 aliphatic heterocycles. The summed E-state index contributed by atoms with van der Waals surface area (Å²) < 4.78 is 0. The normalized spacial score (nSPS) is 16.1. The standard InChI is InChI=1S/C15H28N6/c1-5-9-16-13-17-14(20(3)4)19-15(18-13)21-10-7-12(6-2)8-11-21/h12H,5-11H2,1-4H3,(H,16,17,18,19). The summed E-state index contributed by atoms with van der Waals surface area (Å²) in [6.45, 7) is 7.39. The molecule has 1 saturated heterocycles. The molecule has 0 aromatic carbocycles. The molecule has 1 N–H and O–H groups in total. The zero-order chi connectivity index (χ0) is 15.2. The molecule has 0 saturated carbocycles. The third-order valence-corrected chi connectivity index (χ3v) is 4.02. The number of hydrogen-bond acceptors (Lipinski definition) is 6. The molecule has 1 aromatic rings. The fourth-order valence-corrected chi connectivity index (χ4v) is 2.55. The highest BCUT2D eigenvalue weighted by molar-refractivity contribution is 5.44. The second-order valence-corrected chi connectivity index (χ2v) is 5.92. The summed E-state index contributed by atoms with van der Waals surface area (Å²) >= 11 is 0. The highest BCUT2D eigenvalue weighted by Crippen LogP contribution is 2.24. The lowest BCUT2D eigenvalue weighted by molar-refractivity contribution is 0.392. The van der Waals surface area contributed by atoms with E-state index in [1.54, 1.807) is 0 Å². The van der Waals surface area contributed by atoms with Crippen molar-refractivity contribution in [2.24, 2.45) is 5.92 Å². The summed E-state index contributed by atoms with van der Waals surface area (Å²) in [5.74, 6) is 3.07. The van der Waals surface area contributed by atoms with E-state index in [2.05, 4.69) is 39.0 Å². The van der Waals surface area contributed by atoms with Gasteiger partial charge in [0, 0.05) is 33.7 Å². The molecule has 0 spiro atoms. The third kappa shape index (κ3) is 4.19. The molecular formula is C15H28N6. The summed E-state index contributed by atoms with van der Waals surface area (Å²) in [6, 6.07) is 0. The molecular weight excluding hydrogens is 264 g/mol. The molecule has 0 unspecified atom stereocenters. The van der Waals surface area contributed by atoms with E-state index in [1.807, 2.05) is 19.0 Å². The van der Waals surface area contributed by atoms with Gasteiger partial charge in [-0.2, -0.15) is 15.0 Å². The smallest absolute Gasteiger partial charge is 0.231 e. The van der Waals surface area contributed by atoms with E-state index in [1.165, 1.54) is 19.3 Å². The van der Waals surface area contributed by atoms with E-state index < -0.39 is 0 Å². The topological polar surface area (TPSA) is 57.2 Å². The lowest BCUT2D eigenvalue weighted by Crippen LogP contribution is -2.35. The maximum absolute atomic E-state index is 4.61. The first-order valence-electron chi connectivity index (χ1n) is 8.06. The quantitative estimate of drug-likeness (QED) is 0.869. The van der Waals surface area contributed by atoms with Crippen LogP contribution in [0, 0.1) is 5.92 Å². The average molecular weight is 292 g/mol. The Morgan fingerprint density at radius 1 is 1.14 bits per heavy atom. The zero-order valence-corrected chi connectivity index (χ0v) is 13.8. The molecule has 1 aromatic heterocycles. The number of aromatic nitrogens is 3. The Hall–Kier alpha value is -1.59. The van der Waals surface area contributed by atoms with Crippen molar-refractivity contribution < 1.29 is 0 Å². The Labute approximate surface area is 128 Å². The second-order valence-electron chi connectivity index (χ2n) is 5.92. The van der Waals surface area contributed by atoms with Crippen LogP contribution < -0.4 is 15.1 Å². The average Bonchev–Trinajstić information content (AvgIpc) is 2.52. The van der Waals surface area contributed by atoms with Gasteiger partial charge >= 0.3 is 0 Å². The van der Waals surface area contributed by atoms with Crippen LogP contribution in [0.3, 0.4) is 0 Å². The van der Waals surface area contributed by atoms with Gasteiger partial charge in [-0.1, -0.05) is 20.3 Å². The van der Waals surface area contributed by atoms with Crippen LogP contribution in [0.1, 0.15) is 39.5 Å². The van der Waals surface area contributed by atoms with Gasteiger partial charge in [0.2, 0.25) is 17.8 Å². The fourth-order valence-electron chi connectivity index (χ4n) is 2.55. The van der Waals surface area contributed by atoms with Gasteiger partial charge in [-0.05, 0) is 25.2 Å². The first kappa shape index (κ1) is 15.8. The molecule has 0 amide bonds. The number of hydrogen-bond donors (Lipinski definition) is 1. The molecule has 6 nitrogen and oxygen atoms in total. The first-order valence-corrected chi connectivity index (χ1v) is 8.06. The monoisotopic (exact) mass is 292 g/mol. The highest BCUT2D eigenvalue weighted by atomic mass is 15.3. The number of anilines is 3. The van der Waals surface area contributed by atoms with Gasteiger partial charge in [0.15, 0.2) is 0 Å². The van der Waals surface area contributed by atoms with Crippen LogP contribution >= 0.6 is 0 Å². The summed E-state index contributed by atoms with van der Waals surface area (Å²) in [6.07, 6.45) is 4.80. The van der Waals surface area contributed by atoms with Crippen LogP contribution in [-0.2, 0) is 0 Å². The van der Waals surface area contributed by atoms with Crippen molar-refractivity contribution in [1.82, 2.24) is 15.0 Å². The molecule has 118 valence electrons. The molecule has 1 fully saturated rings. The Bertz CT molecular complexity index is 440. The Morgan fingerprint density at radius 2 is 1.86 bits per heavy atom. The highest BCUT2D eigenvalue weighted by Gasteiger charge is 2.21. The summed E-state index contributed by atoms with van der Waals surface area (Å²) in [4.78, 5) is 17.9. The molecule has 0 atom stereocenters. The van der Waals surface area contributed by atoms with Crippen molar-refractivity contribution in [2.45, 2.75) is 39.5 Å². The van der Waals surface area contributed by atoms with E-state index in [-0.39, 0.29) is 0 Å². The zero-order valence-electron chi connectivity index (χ0n) is 13.8. The van der Waals surface area contributed by atoms with Crippen LogP contribution in [0.25, 0.3) is 0 Å². The van der Waals surface area contributed by atoms with E-state index in [0.717, 1.165) is 43.9 Å². The minimum atomic E-state index is 0.683. The van der Waals surface area contributed by atoms with Gasteiger partial charge in [-0.3, -0.25) is 0 Å². The van der Waals surface area contributed by atoms with E-state index in [4.69, 9.17) is 0 Å². The van der Waals surface area contributed by atoms with E-state index >= 15 is 0 Å².